The van der Waals surface area contributed by atoms with E-state index in [-0.39, 0.29) is 0 Å². The summed E-state index contributed by atoms with van der Waals surface area (Å²) in [5.41, 5.74) is 3.21. The van der Waals surface area contributed by atoms with E-state index < -0.39 is 0 Å². The summed E-state index contributed by atoms with van der Waals surface area (Å²) in [4.78, 5) is 8.47. The number of anilines is 3. The highest BCUT2D eigenvalue weighted by Gasteiger charge is 2.01. The summed E-state index contributed by atoms with van der Waals surface area (Å²) in [5.74, 6) is 1.12. The minimum Gasteiger partial charge on any atom is -0.349 e. The fraction of sp³-hybridized carbons (Fsp3) is 0.125. The second-order valence-electron chi connectivity index (χ2n) is 4.87. The molecule has 0 unspecified atom stereocenters. The van der Waals surface area contributed by atoms with Gasteiger partial charge in [0.15, 0.2) is 5.82 Å². The molecule has 3 rings (SSSR count). The van der Waals surface area contributed by atoms with Gasteiger partial charge in [-0.2, -0.15) is 10.1 Å². The second kappa shape index (κ2) is 6.62. The Balaban J connectivity index is 1.67. The number of aromatic nitrogens is 4. The number of nitrogens with zero attached hydrogens (tertiary/aromatic N) is 4. The molecule has 0 aliphatic rings. The van der Waals surface area contributed by atoms with Crippen molar-refractivity contribution in [1.82, 2.24) is 20.2 Å². The van der Waals surface area contributed by atoms with Crippen molar-refractivity contribution in [2.45, 2.75) is 13.5 Å². The lowest BCUT2D eigenvalue weighted by molar-refractivity contribution is 0.946. The van der Waals surface area contributed by atoms with E-state index in [4.69, 9.17) is 0 Å². The van der Waals surface area contributed by atoms with E-state index in [1.807, 2.05) is 43.3 Å². The second-order valence-corrected chi connectivity index (χ2v) is 4.87. The van der Waals surface area contributed by atoms with E-state index in [9.17, 15) is 0 Å². The third kappa shape index (κ3) is 3.76. The van der Waals surface area contributed by atoms with Crippen LogP contribution in [0.15, 0.2) is 55.0 Å². The lowest BCUT2D eigenvalue weighted by Gasteiger charge is -2.08. The summed E-state index contributed by atoms with van der Waals surface area (Å²) in [7, 11) is 0. The molecule has 0 aliphatic heterocycles. The Morgan fingerprint density at radius 1 is 1.09 bits per heavy atom. The molecule has 0 radical (unpaired) electrons. The highest BCUT2D eigenvalue weighted by molar-refractivity contribution is 5.56. The fourth-order valence-electron chi connectivity index (χ4n) is 1.99. The van der Waals surface area contributed by atoms with Gasteiger partial charge in [-0.1, -0.05) is 18.2 Å². The van der Waals surface area contributed by atoms with Crippen LogP contribution in [-0.2, 0) is 6.54 Å². The zero-order chi connectivity index (χ0) is 15.2. The zero-order valence-electron chi connectivity index (χ0n) is 12.2. The maximum atomic E-state index is 4.40. The number of hydrogen-bond donors (Lipinski definition) is 2. The Kier molecular flexibility index (Phi) is 4.20. The lowest BCUT2D eigenvalue weighted by atomic mass is 10.2. The van der Waals surface area contributed by atoms with Crippen molar-refractivity contribution in [1.29, 1.82) is 0 Å². The summed E-state index contributed by atoms with van der Waals surface area (Å²) >= 11 is 0. The molecule has 0 atom stereocenters. The van der Waals surface area contributed by atoms with Crippen molar-refractivity contribution in [2.75, 3.05) is 10.6 Å². The Hall–Kier alpha value is -3.02. The molecule has 0 spiro atoms. The quantitative estimate of drug-likeness (QED) is 0.753. The number of aryl methyl sites for hydroxylation is 1. The van der Waals surface area contributed by atoms with Gasteiger partial charge >= 0.3 is 0 Å². The molecule has 0 saturated heterocycles. The molecule has 0 bridgehead atoms. The summed E-state index contributed by atoms with van der Waals surface area (Å²) in [6, 6.07) is 12.0. The Morgan fingerprint density at radius 3 is 2.86 bits per heavy atom. The van der Waals surface area contributed by atoms with E-state index in [1.165, 1.54) is 5.56 Å². The molecule has 22 heavy (non-hydrogen) atoms. The van der Waals surface area contributed by atoms with Crippen LogP contribution in [0.5, 0.6) is 0 Å². The van der Waals surface area contributed by atoms with Crippen LogP contribution in [0.25, 0.3) is 0 Å². The van der Waals surface area contributed by atoms with E-state index in [2.05, 4.69) is 30.8 Å². The lowest BCUT2D eigenvalue weighted by Crippen LogP contribution is -2.06. The van der Waals surface area contributed by atoms with Crippen LogP contribution in [0.3, 0.4) is 0 Å². The van der Waals surface area contributed by atoms with Gasteiger partial charge in [0.1, 0.15) is 0 Å². The zero-order valence-corrected chi connectivity index (χ0v) is 12.2. The third-order valence-electron chi connectivity index (χ3n) is 3.02. The molecule has 3 aromatic rings. The largest absolute Gasteiger partial charge is 0.349 e. The standard InChI is InChI=1S/C16H16N6/c1-12-4-2-6-14(8-12)20-15-11-19-22-16(21-15)18-10-13-5-3-7-17-9-13/h2-9,11H,10H2,1H3,(H2,18,20,21,22). The minimum atomic E-state index is 0.474. The number of nitrogens with one attached hydrogen (secondary N) is 2. The topological polar surface area (TPSA) is 75.6 Å². The first-order valence-electron chi connectivity index (χ1n) is 6.96. The summed E-state index contributed by atoms with van der Waals surface area (Å²) < 4.78 is 0. The molecule has 2 heterocycles. The van der Waals surface area contributed by atoms with Crippen LogP contribution >= 0.6 is 0 Å². The molecule has 6 heteroatoms. The average molecular weight is 292 g/mol. The van der Waals surface area contributed by atoms with Gasteiger partial charge in [0.05, 0.1) is 6.20 Å². The molecule has 2 aromatic heterocycles. The molecule has 0 amide bonds. The van der Waals surface area contributed by atoms with Crippen LogP contribution in [0.4, 0.5) is 17.5 Å². The van der Waals surface area contributed by atoms with E-state index in [0.29, 0.717) is 18.3 Å². The number of pyridine rings is 1. The molecular formula is C16H16N6. The van der Waals surface area contributed by atoms with Gasteiger partial charge in [-0.15, -0.1) is 5.10 Å². The molecule has 0 saturated carbocycles. The molecular weight excluding hydrogens is 276 g/mol. The van der Waals surface area contributed by atoms with Crippen LogP contribution < -0.4 is 10.6 Å². The van der Waals surface area contributed by atoms with Gasteiger partial charge in [-0.05, 0) is 36.2 Å². The maximum absolute atomic E-state index is 4.40. The van der Waals surface area contributed by atoms with Crippen LogP contribution in [0, 0.1) is 6.92 Å². The van der Waals surface area contributed by atoms with Gasteiger partial charge in [0.2, 0.25) is 5.95 Å². The van der Waals surface area contributed by atoms with Crippen molar-refractivity contribution in [3.8, 4) is 0 Å². The number of benzene rings is 1. The average Bonchev–Trinajstić information content (AvgIpc) is 2.54. The first kappa shape index (κ1) is 13.9. The molecule has 6 nitrogen and oxygen atoms in total. The highest BCUT2D eigenvalue weighted by Crippen LogP contribution is 2.15. The van der Waals surface area contributed by atoms with Gasteiger partial charge in [-0.3, -0.25) is 4.98 Å². The summed E-state index contributed by atoms with van der Waals surface area (Å²) in [6.07, 6.45) is 5.14. The fourth-order valence-corrected chi connectivity index (χ4v) is 1.99. The highest BCUT2D eigenvalue weighted by atomic mass is 15.3. The molecule has 0 fully saturated rings. The van der Waals surface area contributed by atoms with E-state index in [1.54, 1.807) is 18.6 Å². The predicted octanol–water partition coefficient (Wildman–Crippen LogP) is 2.93. The third-order valence-corrected chi connectivity index (χ3v) is 3.02. The van der Waals surface area contributed by atoms with Gasteiger partial charge < -0.3 is 10.6 Å². The van der Waals surface area contributed by atoms with Gasteiger partial charge in [-0.25, -0.2) is 0 Å². The number of hydrogen-bond acceptors (Lipinski definition) is 6. The molecule has 2 N–H and O–H groups in total. The monoisotopic (exact) mass is 292 g/mol. The minimum absolute atomic E-state index is 0.474. The smallest absolute Gasteiger partial charge is 0.244 e. The van der Waals surface area contributed by atoms with Crippen LogP contribution in [-0.4, -0.2) is 20.2 Å². The molecule has 110 valence electrons. The maximum Gasteiger partial charge on any atom is 0.244 e. The van der Waals surface area contributed by atoms with Gasteiger partial charge in [0.25, 0.3) is 0 Å². The van der Waals surface area contributed by atoms with E-state index >= 15 is 0 Å². The van der Waals surface area contributed by atoms with Crippen LogP contribution in [0.1, 0.15) is 11.1 Å². The van der Waals surface area contributed by atoms with E-state index in [0.717, 1.165) is 11.3 Å². The van der Waals surface area contributed by atoms with Crippen LogP contribution in [0.2, 0.25) is 0 Å². The normalized spacial score (nSPS) is 10.2. The Labute approximate surface area is 128 Å². The Bertz CT molecular complexity index is 744. The summed E-state index contributed by atoms with van der Waals surface area (Å²) in [6.45, 7) is 2.65. The first-order valence-corrected chi connectivity index (χ1v) is 6.96. The summed E-state index contributed by atoms with van der Waals surface area (Å²) in [5, 5.41) is 14.3. The predicted molar refractivity (Wildman–Crippen MR) is 85.9 cm³/mol. The van der Waals surface area contributed by atoms with Crippen molar-refractivity contribution in [2.24, 2.45) is 0 Å². The van der Waals surface area contributed by atoms with Crippen molar-refractivity contribution in [3.05, 3.63) is 66.1 Å². The van der Waals surface area contributed by atoms with Crippen molar-refractivity contribution < 1.29 is 0 Å². The van der Waals surface area contributed by atoms with Gasteiger partial charge in [0, 0.05) is 24.6 Å². The SMILES string of the molecule is Cc1cccc(Nc2cnnc(NCc3cccnc3)n2)c1. The van der Waals surface area contributed by atoms with Crippen molar-refractivity contribution >= 4 is 17.5 Å². The molecule has 0 aliphatic carbocycles. The molecule has 1 aromatic carbocycles. The Morgan fingerprint density at radius 2 is 2.05 bits per heavy atom. The first-order chi connectivity index (χ1) is 10.8. The number of rotatable bonds is 5. The van der Waals surface area contributed by atoms with Crippen molar-refractivity contribution in [3.63, 3.8) is 0 Å².